The largest absolute Gasteiger partial charge is 0.309 e. The number of hydrogen-bond donors (Lipinski definition) is 0. The van der Waals surface area contributed by atoms with Crippen LogP contribution < -0.4 is 0 Å². The predicted molar refractivity (Wildman–Crippen MR) is 165 cm³/mol. The number of aromatic nitrogens is 4. The van der Waals surface area contributed by atoms with Gasteiger partial charge in [-0.2, -0.15) is 0 Å². The molecule has 0 aliphatic rings. The fourth-order valence-electron chi connectivity index (χ4n) is 6.41. The fraction of sp³-hybridized carbons (Fsp3) is 0. The summed E-state index contributed by atoms with van der Waals surface area (Å²) in [6, 6.07) is 45.2. The van der Waals surface area contributed by atoms with E-state index in [1.807, 2.05) is 30.5 Å². The highest BCUT2D eigenvalue weighted by atomic mass is 15.1. The third-order valence-corrected chi connectivity index (χ3v) is 8.13. The van der Waals surface area contributed by atoms with Crippen molar-refractivity contribution in [3.63, 3.8) is 0 Å². The summed E-state index contributed by atoms with van der Waals surface area (Å²) in [7, 11) is 0. The van der Waals surface area contributed by atoms with Crippen LogP contribution in [0, 0.1) is 0 Å². The van der Waals surface area contributed by atoms with Gasteiger partial charge in [-0.15, -0.1) is 0 Å². The van der Waals surface area contributed by atoms with Crippen molar-refractivity contribution in [2.75, 3.05) is 0 Å². The highest BCUT2D eigenvalue weighted by Crippen LogP contribution is 2.39. The number of hydrogen-bond acceptors (Lipinski definition) is 2. The van der Waals surface area contributed by atoms with Crippen molar-refractivity contribution in [1.29, 1.82) is 0 Å². The van der Waals surface area contributed by atoms with E-state index in [9.17, 15) is 0 Å². The number of para-hydroxylation sites is 2. The average molecular weight is 511 g/mol. The van der Waals surface area contributed by atoms with Crippen molar-refractivity contribution in [3.05, 3.63) is 134 Å². The first kappa shape index (κ1) is 21.5. The summed E-state index contributed by atoms with van der Waals surface area (Å²) < 4.78 is 4.72. The van der Waals surface area contributed by atoms with Crippen LogP contribution in [-0.4, -0.2) is 18.9 Å². The van der Waals surface area contributed by atoms with E-state index in [4.69, 9.17) is 4.98 Å². The molecule has 186 valence electrons. The normalized spacial score (nSPS) is 12.0. The molecule has 0 fully saturated rings. The first-order valence-electron chi connectivity index (χ1n) is 13.5. The molecule has 9 aromatic rings. The smallest absolute Gasteiger partial charge is 0.138 e. The highest BCUT2D eigenvalue weighted by Gasteiger charge is 2.18. The van der Waals surface area contributed by atoms with Crippen molar-refractivity contribution in [1.82, 2.24) is 18.9 Å². The minimum absolute atomic E-state index is 0.856. The van der Waals surface area contributed by atoms with Crippen LogP contribution in [0.5, 0.6) is 0 Å². The maximum atomic E-state index is 5.11. The number of benzene rings is 4. The highest BCUT2D eigenvalue weighted by molar-refractivity contribution is 6.21. The second kappa shape index (κ2) is 8.01. The molecular weight excluding hydrogens is 488 g/mol. The van der Waals surface area contributed by atoms with Crippen molar-refractivity contribution < 1.29 is 0 Å². The number of rotatable bonds is 2. The Morgan fingerprint density at radius 1 is 0.425 bits per heavy atom. The lowest BCUT2D eigenvalue weighted by Crippen LogP contribution is -1.99. The lowest BCUT2D eigenvalue weighted by molar-refractivity contribution is 1.08. The number of fused-ring (bicyclic) bond motifs is 11. The van der Waals surface area contributed by atoms with E-state index in [-0.39, 0.29) is 0 Å². The van der Waals surface area contributed by atoms with Gasteiger partial charge in [-0.1, -0.05) is 72.8 Å². The monoisotopic (exact) mass is 510 g/mol. The molecule has 0 unspecified atom stereocenters. The molecule has 4 nitrogen and oxygen atoms in total. The van der Waals surface area contributed by atoms with Crippen molar-refractivity contribution in [3.8, 4) is 17.2 Å². The maximum Gasteiger partial charge on any atom is 0.138 e. The molecule has 0 saturated carbocycles. The summed E-state index contributed by atoms with van der Waals surface area (Å²) >= 11 is 0. The molecule has 0 atom stereocenters. The second-order valence-electron chi connectivity index (χ2n) is 10.3. The van der Waals surface area contributed by atoms with Crippen LogP contribution in [0.3, 0.4) is 0 Å². The van der Waals surface area contributed by atoms with Gasteiger partial charge in [-0.05, 0) is 60.0 Å². The molecule has 0 bridgehead atoms. The molecule has 0 saturated heterocycles. The third-order valence-electron chi connectivity index (χ3n) is 8.13. The van der Waals surface area contributed by atoms with Crippen molar-refractivity contribution in [2.24, 2.45) is 0 Å². The van der Waals surface area contributed by atoms with Crippen molar-refractivity contribution in [2.45, 2.75) is 0 Å². The van der Waals surface area contributed by atoms with Crippen LogP contribution in [0.2, 0.25) is 0 Å². The number of nitrogens with zero attached hydrogens (tertiary/aromatic N) is 4. The Kier molecular flexibility index (Phi) is 4.30. The summed E-state index contributed by atoms with van der Waals surface area (Å²) in [5.74, 6) is 0.878. The quantitative estimate of drug-likeness (QED) is 0.218. The summed E-state index contributed by atoms with van der Waals surface area (Å²) in [5.41, 5.74) is 7.61. The Bertz CT molecular complexity index is 2430. The van der Waals surface area contributed by atoms with Gasteiger partial charge in [0.05, 0.1) is 39.0 Å². The summed E-state index contributed by atoms with van der Waals surface area (Å²) in [5, 5.41) is 7.45. The minimum atomic E-state index is 0.856. The molecule has 0 aliphatic heterocycles. The van der Waals surface area contributed by atoms with Gasteiger partial charge < -0.3 is 4.40 Å². The van der Waals surface area contributed by atoms with E-state index in [0.717, 1.165) is 28.2 Å². The van der Waals surface area contributed by atoms with Crippen LogP contribution in [0.25, 0.3) is 77.1 Å². The molecule has 5 aromatic heterocycles. The van der Waals surface area contributed by atoms with Gasteiger partial charge in [0.25, 0.3) is 0 Å². The zero-order valence-corrected chi connectivity index (χ0v) is 21.5. The molecule has 0 amide bonds. The Morgan fingerprint density at radius 2 is 1.10 bits per heavy atom. The first-order chi connectivity index (χ1) is 19.8. The van der Waals surface area contributed by atoms with Gasteiger partial charge in [-0.3, -0.25) is 9.55 Å². The zero-order valence-electron chi connectivity index (χ0n) is 21.5. The molecule has 0 spiro atoms. The molecule has 0 radical (unpaired) electrons. The Morgan fingerprint density at radius 3 is 1.95 bits per heavy atom. The minimum Gasteiger partial charge on any atom is -0.309 e. The fourth-order valence-corrected chi connectivity index (χ4v) is 6.41. The van der Waals surface area contributed by atoms with Gasteiger partial charge in [-0.25, -0.2) is 4.98 Å². The zero-order chi connectivity index (χ0) is 26.2. The van der Waals surface area contributed by atoms with Crippen LogP contribution in [0.15, 0.2) is 134 Å². The van der Waals surface area contributed by atoms with Gasteiger partial charge in [0.15, 0.2) is 0 Å². The maximum absolute atomic E-state index is 5.11. The van der Waals surface area contributed by atoms with Crippen LogP contribution in [-0.2, 0) is 0 Å². The Hall–Kier alpha value is -5.48. The third kappa shape index (κ3) is 2.90. The topological polar surface area (TPSA) is 35.1 Å². The van der Waals surface area contributed by atoms with E-state index in [0.29, 0.717) is 0 Å². The van der Waals surface area contributed by atoms with Crippen LogP contribution in [0.4, 0.5) is 0 Å². The molecule has 5 heterocycles. The molecule has 0 aliphatic carbocycles. The second-order valence-corrected chi connectivity index (χ2v) is 10.3. The van der Waals surface area contributed by atoms with Gasteiger partial charge in [0.1, 0.15) is 5.82 Å². The van der Waals surface area contributed by atoms with E-state index in [1.54, 1.807) is 0 Å². The van der Waals surface area contributed by atoms with E-state index >= 15 is 0 Å². The van der Waals surface area contributed by atoms with Gasteiger partial charge in [0, 0.05) is 33.1 Å². The molecule has 40 heavy (non-hydrogen) atoms. The van der Waals surface area contributed by atoms with Gasteiger partial charge in [0.2, 0.25) is 0 Å². The predicted octanol–water partition coefficient (Wildman–Crippen LogP) is 8.95. The molecule has 4 heteroatoms. The van der Waals surface area contributed by atoms with Gasteiger partial charge >= 0.3 is 0 Å². The van der Waals surface area contributed by atoms with Crippen LogP contribution >= 0.6 is 0 Å². The lowest BCUT2D eigenvalue weighted by atomic mass is 10.0. The standard InChI is InChI=1S/C36H22N4/c1-5-16-31-23(10-1)20-33-25-12-3-2-11-24(25)27-21-28-26-13-4-6-17-32(26)40(35(28)22-34(27)39(31)33)36-18-9-15-30(38-36)29-14-7-8-19-37-29/h1-22H. The average Bonchev–Trinajstić information content (AvgIpc) is 3.57. The summed E-state index contributed by atoms with van der Waals surface area (Å²) in [6.45, 7) is 0. The summed E-state index contributed by atoms with van der Waals surface area (Å²) in [6.07, 6.45) is 1.81. The van der Waals surface area contributed by atoms with Crippen LogP contribution in [0.1, 0.15) is 0 Å². The SMILES string of the molecule is c1ccc(-c2cccc(-n3c4ccccc4c4cc5c6ccccc6c6cc7ccccc7n6c5cc43)n2)nc1. The molecular formula is C36H22N4. The molecule has 9 rings (SSSR count). The molecule has 4 aromatic carbocycles. The summed E-state index contributed by atoms with van der Waals surface area (Å²) in [4.78, 5) is 9.66. The number of pyridine rings is 3. The molecule has 0 N–H and O–H groups in total. The van der Waals surface area contributed by atoms with E-state index in [1.165, 1.54) is 48.9 Å². The lowest BCUT2D eigenvalue weighted by Gasteiger charge is -2.12. The van der Waals surface area contributed by atoms with E-state index in [2.05, 4.69) is 117 Å². The Balaban J connectivity index is 1.47. The first-order valence-corrected chi connectivity index (χ1v) is 13.5. The van der Waals surface area contributed by atoms with E-state index < -0.39 is 0 Å². The van der Waals surface area contributed by atoms with Crippen molar-refractivity contribution >= 4 is 59.9 Å². The Labute approximate surface area is 229 Å².